The maximum atomic E-state index is 12.6. The topological polar surface area (TPSA) is 79.7 Å². The molecule has 0 bridgehead atoms. The molecule has 3 aliphatic rings. The second-order valence-corrected chi connectivity index (χ2v) is 13.1. The summed E-state index contributed by atoms with van der Waals surface area (Å²) in [6, 6.07) is 8.11. The molecule has 3 unspecified atom stereocenters. The van der Waals surface area contributed by atoms with Gasteiger partial charge in [-0.25, -0.2) is 9.78 Å². The first-order chi connectivity index (χ1) is 16.3. The number of benzene rings is 1. The van der Waals surface area contributed by atoms with Crippen LogP contribution < -0.4 is 0 Å². The molecule has 34 heavy (non-hydrogen) atoms. The lowest BCUT2D eigenvalue weighted by atomic mass is 9.46. The van der Waals surface area contributed by atoms with Gasteiger partial charge in [-0.1, -0.05) is 49.9 Å². The average molecular weight is 500 g/mol. The smallest absolute Gasteiger partial charge is 0.335 e. The molecule has 2 saturated carbocycles. The molecular formula is C27H33NO4S2. The van der Waals surface area contributed by atoms with Crippen molar-refractivity contribution in [3.63, 3.8) is 0 Å². The number of fused-ring (bicyclic) bond motifs is 2. The molecular weight excluding hydrogens is 466 g/mol. The normalized spacial score (nSPS) is 34.6. The van der Waals surface area contributed by atoms with E-state index in [0.29, 0.717) is 13.0 Å². The molecule has 0 saturated heterocycles. The van der Waals surface area contributed by atoms with Gasteiger partial charge in [-0.05, 0) is 67.6 Å². The summed E-state index contributed by atoms with van der Waals surface area (Å²) in [5.41, 5.74) is 2.31. The Kier molecular flexibility index (Phi) is 6.42. The summed E-state index contributed by atoms with van der Waals surface area (Å²) >= 11 is 3.31. The minimum Gasteiger partial charge on any atom is -0.458 e. The van der Waals surface area contributed by atoms with Crippen LogP contribution >= 0.6 is 23.1 Å². The number of rotatable bonds is 6. The van der Waals surface area contributed by atoms with E-state index >= 15 is 0 Å². The van der Waals surface area contributed by atoms with Gasteiger partial charge in [0.2, 0.25) is 0 Å². The van der Waals surface area contributed by atoms with Gasteiger partial charge in [0.1, 0.15) is 6.61 Å². The van der Waals surface area contributed by atoms with Gasteiger partial charge in [0.05, 0.1) is 28.5 Å². The Labute approximate surface area is 209 Å². The molecule has 2 N–H and O–H groups in total. The molecule has 5 rings (SSSR count). The second-order valence-electron chi connectivity index (χ2n) is 10.6. The molecule has 1 aromatic heterocycles. The van der Waals surface area contributed by atoms with Gasteiger partial charge in [-0.3, -0.25) is 0 Å². The number of thioether (sulfide) groups is 1. The molecule has 2 aliphatic carbocycles. The lowest BCUT2D eigenvalue weighted by molar-refractivity contribution is -0.152. The highest BCUT2D eigenvalue weighted by molar-refractivity contribution is 8.01. The third-order valence-electron chi connectivity index (χ3n) is 8.76. The van der Waals surface area contributed by atoms with Crippen molar-refractivity contribution >= 4 is 39.3 Å². The molecule has 0 radical (unpaired) electrons. The van der Waals surface area contributed by atoms with E-state index < -0.39 is 11.5 Å². The van der Waals surface area contributed by atoms with E-state index in [1.54, 1.807) is 23.1 Å². The lowest BCUT2D eigenvalue weighted by Gasteiger charge is -2.60. The number of aliphatic hydroxyl groups is 2. The van der Waals surface area contributed by atoms with Gasteiger partial charge >= 0.3 is 5.97 Å². The van der Waals surface area contributed by atoms with Crippen LogP contribution in [0.25, 0.3) is 10.2 Å². The van der Waals surface area contributed by atoms with Gasteiger partial charge in [-0.2, -0.15) is 0 Å². The number of hydrogen-bond acceptors (Lipinski definition) is 7. The van der Waals surface area contributed by atoms with Crippen molar-refractivity contribution in [3.05, 3.63) is 48.1 Å². The number of cyclic esters (lactones) is 1. The minimum absolute atomic E-state index is 0.0189. The van der Waals surface area contributed by atoms with Crippen molar-refractivity contribution in [2.24, 2.45) is 22.7 Å². The first-order valence-corrected chi connectivity index (χ1v) is 13.8. The third-order valence-corrected chi connectivity index (χ3v) is 11.2. The van der Waals surface area contributed by atoms with Crippen LogP contribution in [-0.4, -0.2) is 45.7 Å². The SMILES string of the molecule is C=C1CCC2[C@](C)(CO)C(O)CC[C@]2(C)[C@H]1CC(Sc1nc2ccccc2s1)C1=CCOC1=O. The fourth-order valence-electron chi connectivity index (χ4n) is 6.75. The van der Waals surface area contributed by atoms with Crippen molar-refractivity contribution in [3.8, 4) is 0 Å². The van der Waals surface area contributed by atoms with Crippen molar-refractivity contribution in [2.75, 3.05) is 13.2 Å². The van der Waals surface area contributed by atoms with E-state index in [9.17, 15) is 15.0 Å². The Morgan fingerprint density at radius 2 is 2.12 bits per heavy atom. The zero-order valence-corrected chi connectivity index (χ0v) is 21.5. The van der Waals surface area contributed by atoms with Crippen molar-refractivity contribution in [2.45, 2.75) is 61.6 Å². The maximum Gasteiger partial charge on any atom is 0.335 e. The molecule has 2 fully saturated rings. The molecule has 7 heteroatoms. The maximum absolute atomic E-state index is 12.6. The number of ether oxygens (including phenoxy) is 1. The number of allylic oxidation sites excluding steroid dienone is 1. The molecule has 0 spiro atoms. The monoisotopic (exact) mass is 499 g/mol. The van der Waals surface area contributed by atoms with E-state index in [1.165, 1.54) is 5.57 Å². The number of aliphatic hydroxyl groups excluding tert-OH is 2. The van der Waals surface area contributed by atoms with Gasteiger partial charge in [-0.15, -0.1) is 11.3 Å². The Balaban J connectivity index is 1.48. The van der Waals surface area contributed by atoms with Crippen LogP contribution in [-0.2, 0) is 9.53 Å². The fraction of sp³-hybridized carbons (Fsp3) is 0.556. The fourth-order valence-corrected chi connectivity index (χ4v) is 9.26. The van der Waals surface area contributed by atoms with Crippen LogP contribution in [0.15, 0.2) is 52.4 Å². The summed E-state index contributed by atoms with van der Waals surface area (Å²) in [7, 11) is 0. The third kappa shape index (κ3) is 3.94. The predicted molar refractivity (Wildman–Crippen MR) is 137 cm³/mol. The highest BCUT2D eigenvalue weighted by atomic mass is 32.2. The average Bonchev–Trinajstić information content (AvgIpc) is 3.43. The molecule has 1 aromatic carbocycles. The molecule has 6 atom stereocenters. The first-order valence-electron chi connectivity index (χ1n) is 12.1. The van der Waals surface area contributed by atoms with Crippen LogP contribution in [0.3, 0.4) is 0 Å². The highest BCUT2D eigenvalue weighted by Crippen LogP contribution is 2.62. The molecule has 5 nitrogen and oxygen atoms in total. The van der Waals surface area contributed by atoms with Crippen molar-refractivity contribution in [1.29, 1.82) is 0 Å². The van der Waals surface area contributed by atoms with Gasteiger partial charge in [0.25, 0.3) is 0 Å². The van der Waals surface area contributed by atoms with E-state index in [1.807, 2.05) is 31.2 Å². The van der Waals surface area contributed by atoms with E-state index in [0.717, 1.165) is 45.8 Å². The zero-order valence-electron chi connectivity index (χ0n) is 19.8. The molecule has 182 valence electrons. The summed E-state index contributed by atoms with van der Waals surface area (Å²) in [5.74, 6) is 0.147. The Bertz CT molecular complexity index is 1110. The summed E-state index contributed by atoms with van der Waals surface area (Å²) in [6.45, 7) is 9.14. The van der Waals surface area contributed by atoms with Crippen LogP contribution in [0.4, 0.5) is 0 Å². The molecule has 2 heterocycles. The Morgan fingerprint density at radius 3 is 2.82 bits per heavy atom. The van der Waals surface area contributed by atoms with Crippen molar-refractivity contribution < 1.29 is 19.7 Å². The number of nitrogens with zero attached hydrogens (tertiary/aromatic N) is 1. The Hall–Kier alpha value is -1.67. The van der Waals surface area contributed by atoms with Crippen LogP contribution in [0.1, 0.15) is 46.0 Å². The quantitative estimate of drug-likeness (QED) is 0.316. The van der Waals surface area contributed by atoms with Gasteiger partial charge in [0, 0.05) is 10.7 Å². The number of esters is 1. The van der Waals surface area contributed by atoms with Gasteiger partial charge < -0.3 is 14.9 Å². The first kappa shape index (κ1) is 24.0. The minimum atomic E-state index is -0.521. The Morgan fingerprint density at radius 1 is 1.32 bits per heavy atom. The number of carbonyl (C=O) groups is 1. The summed E-state index contributed by atoms with van der Waals surface area (Å²) in [6.07, 6.45) is 5.57. The number of carbonyl (C=O) groups excluding carboxylic acids is 1. The molecule has 0 amide bonds. The predicted octanol–water partition coefficient (Wildman–Crippen LogP) is 5.37. The molecule has 2 aromatic rings. The highest BCUT2D eigenvalue weighted by Gasteiger charge is 2.58. The zero-order chi connectivity index (χ0) is 24.1. The van der Waals surface area contributed by atoms with Crippen LogP contribution in [0.5, 0.6) is 0 Å². The van der Waals surface area contributed by atoms with E-state index in [2.05, 4.69) is 19.6 Å². The van der Waals surface area contributed by atoms with E-state index in [-0.39, 0.29) is 35.1 Å². The number of thiazole rings is 1. The molecule has 1 aliphatic heterocycles. The van der Waals surface area contributed by atoms with Gasteiger partial charge in [0.15, 0.2) is 4.34 Å². The summed E-state index contributed by atoms with van der Waals surface area (Å²) in [5, 5.41) is 21.1. The summed E-state index contributed by atoms with van der Waals surface area (Å²) in [4.78, 5) is 17.5. The van der Waals surface area contributed by atoms with Crippen LogP contribution in [0, 0.1) is 22.7 Å². The largest absolute Gasteiger partial charge is 0.458 e. The second kappa shape index (κ2) is 9.08. The number of para-hydroxylation sites is 1. The standard InChI is InChI=1S/C27H33NO4S2/c1-16-8-9-22-26(2,12-10-23(30)27(22,3)15-29)18(16)14-21(17-11-13-32-24(17)31)34-25-28-19-6-4-5-7-20(19)33-25/h4-7,11,18,21-23,29-30H,1,8-10,12-15H2,2-3H3/t18-,21?,22?,23?,26+,27-/m0/s1. The van der Waals surface area contributed by atoms with Crippen LogP contribution in [0.2, 0.25) is 0 Å². The number of hydrogen-bond donors (Lipinski definition) is 2. The number of aromatic nitrogens is 1. The summed E-state index contributed by atoms with van der Waals surface area (Å²) < 4.78 is 7.40. The lowest BCUT2D eigenvalue weighted by Crippen LogP contribution is -2.57. The van der Waals surface area contributed by atoms with E-state index in [4.69, 9.17) is 9.72 Å². The van der Waals surface area contributed by atoms with Crippen molar-refractivity contribution in [1.82, 2.24) is 4.98 Å².